The first-order chi connectivity index (χ1) is 13.3. The molecule has 0 radical (unpaired) electrons. The third-order valence-electron chi connectivity index (χ3n) is 5.13. The van der Waals surface area contributed by atoms with Gasteiger partial charge >= 0.3 is 6.18 Å². The minimum Gasteiger partial charge on any atom is -0.295 e. The number of aryl methyl sites for hydroxylation is 1. The fourth-order valence-electron chi connectivity index (χ4n) is 3.32. The van der Waals surface area contributed by atoms with E-state index in [2.05, 4.69) is 21.8 Å². The zero-order valence-electron chi connectivity index (χ0n) is 15.0. The van der Waals surface area contributed by atoms with Crippen molar-refractivity contribution >= 4 is 10.9 Å². The van der Waals surface area contributed by atoms with Crippen molar-refractivity contribution < 1.29 is 13.2 Å². The Morgan fingerprint density at radius 2 is 2.00 bits per heavy atom. The van der Waals surface area contributed by atoms with Gasteiger partial charge in [-0.25, -0.2) is 9.97 Å². The molecule has 1 aromatic carbocycles. The molecule has 0 spiro atoms. The summed E-state index contributed by atoms with van der Waals surface area (Å²) in [6.07, 6.45) is -2.71. The summed E-state index contributed by atoms with van der Waals surface area (Å²) in [7, 11) is 0. The second-order valence-electron chi connectivity index (χ2n) is 7.17. The molecule has 0 saturated heterocycles. The molecule has 1 aliphatic rings. The van der Waals surface area contributed by atoms with Crippen LogP contribution in [0.4, 0.5) is 13.2 Å². The lowest BCUT2D eigenvalue weighted by Gasteiger charge is -2.36. The molecular weight excluding hydrogens is 367 g/mol. The number of aromatic nitrogens is 3. The summed E-state index contributed by atoms with van der Waals surface area (Å²) in [5.74, 6) is 6.29. The zero-order valence-corrected chi connectivity index (χ0v) is 15.0. The Morgan fingerprint density at radius 3 is 2.71 bits per heavy atom. The fraction of sp³-hybridized carbons (Fsp3) is 0.286. The normalized spacial score (nSPS) is 19.0. The van der Waals surface area contributed by atoms with E-state index >= 15 is 0 Å². The van der Waals surface area contributed by atoms with Crippen LogP contribution in [0.1, 0.15) is 30.4 Å². The topological polar surface area (TPSA) is 47.8 Å². The monoisotopic (exact) mass is 383 g/mol. The summed E-state index contributed by atoms with van der Waals surface area (Å²) in [4.78, 5) is 21.4. The summed E-state index contributed by atoms with van der Waals surface area (Å²) in [5.41, 5.74) is -0.648. The van der Waals surface area contributed by atoms with Crippen LogP contribution in [0, 0.1) is 17.3 Å². The molecule has 1 aliphatic heterocycles. The van der Waals surface area contributed by atoms with Crippen LogP contribution in [0.25, 0.3) is 10.9 Å². The van der Waals surface area contributed by atoms with Crippen molar-refractivity contribution in [2.24, 2.45) is 5.41 Å². The molecule has 28 heavy (non-hydrogen) atoms. The third kappa shape index (κ3) is 3.15. The number of benzene rings is 1. The molecule has 2 aromatic heterocycles. The molecule has 4 nitrogen and oxygen atoms in total. The fourth-order valence-corrected chi connectivity index (χ4v) is 3.32. The number of hydrogen-bond acceptors (Lipinski definition) is 3. The molecule has 0 fully saturated rings. The molecule has 142 valence electrons. The van der Waals surface area contributed by atoms with E-state index in [1.807, 2.05) is 6.07 Å². The Bertz CT molecular complexity index is 1170. The van der Waals surface area contributed by atoms with Gasteiger partial charge in [-0.05, 0) is 49.6 Å². The van der Waals surface area contributed by atoms with E-state index in [0.717, 1.165) is 6.92 Å². The van der Waals surface area contributed by atoms with Gasteiger partial charge in [0.2, 0.25) is 0 Å². The number of hydrogen-bond donors (Lipinski definition) is 0. The summed E-state index contributed by atoms with van der Waals surface area (Å²) in [6.45, 7) is 0.748. The van der Waals surface area contributed by atoms with Crippen LogP contribution in [-0.4, -0.2) is 20.7 Å². The van der Waals surface area contributed by atoms with Gasteiger partial charge in [-0.2, -0.15) is 13.2 Å². The van der Waals surface area contributed by atoms with Crippen molar-refractivity contribution in [2.75, 3.05) is 0 Å². The van der Waals surface area contributed by atoms with Crippen molar-refractivity contribution in [1.29, 1.82) is 0 Å². The van der Waals surface area contributed by atoms with E-state index in [1.165, 1.54) is 4.57 Å². The quantitative estimate of drug-likeness (QED) is 0.556. The van der Waals surface area contributed by atoms with Gasteiger partial charge < -0.3 is 0 Å². The SMILES string of the molecule is CC1(C(F)(F)F)CCc2nc3cc(C#Cc4ccccn4)ccc3c(=O)n2C1. The van der Waals surface area contributed by atoms with Gasteiger partial charge in [0, 0.05) is 24.7 Å². The summed E-state index contributed by atoms with van der Waals surface area (Å²) in [5, 5.41) is 0.290. The van der Waals surface area contributed by atoms with Crippen molar-refractivity contribution in [2.45, 2.75) is 32.5 Å². The number of alkyl halides is 3. The molecule has 0 N–H and O–H groups in total. The lowest BCUT2D eigenvalue weighted by molar-refractivity contribution is -0.228. The average molecular weight is 383 g/mol. The maximum Gasteiger partial charge on any atom is 0.395 e. The van der Waals surface area contributed by atoms with Gasteiger partial charge in [0.05, 0.1) is 16.3 Å². The minimum absolute atomic E-state index is 0.0897. The van der Waals surface area contributed by atoms with Crippen molar-refractivity contribution in [3.8, 4) is 11.8 Å². The molecule has 0 aliphatic carbocycles. The van der Waals surface area contributed by atoms with E-state index in [1.54, 1.807) is 36.5 Å². The minimum atomic E-state index is -4.37. The van der Waals surface area contributed by atoms with Gasteiger partial charge in [0.1, 0.15) is 11.5 Å². The van der Waals surface area contributed by atoms with Crippen LogP contribution in [0.15, 0.2) is 47.4 Å². The Morgan fingerprint density at radius 1 is 1.18 bits per heavy atom. The average Bonchev–Trinajstić information content (AvgIpc) is 2.67. The highest BCUT2D eigenvalue weighted by Gasteiger charge is 2.52. The van der Waals surface area contributed by atoms with Crippen molar-refractivity contribution in [3.63, 3.8) is 0 Å². The summed E-state index contributed by atoms with van der Waals surface area (Å²) >= 11 is 0. The molecule has 3 heterocycles. The molecule has 3 aromatic rings. The molecule has 0 amide bonds. The Balaban J connectivity index is 1.75. The highest BCUT2D eigenvalue weighted by atomic mass is 19.4. The maximum absolute atomic E-state index is 13.4. The molecule has 1 unspecified atom stereocenters. The van der Waals surface area contributed by atoms with Crippen LogP contribution in [-0.2, 0) is 13.0 Å². The number of nitrogens with zero attached hydrogens (tertiary/aromatic N) is 3. The van der Waals surface area contributed by atoms with Gasteiger partial charge in [0.15, 0.2) is 0 Å². The summed E-state index contributed by atoms with van der Waals surface area (Å²) in [6, 6.07) is 10.3. The Hall–Kier alpha value is -3.14. The standard InChI is InChI=1S/C21H16F3N3O/c1-20(21(22,23)24)10-9-18-26-17-12-14(5-7-15-4-2-3-11-25-15)6-8-16(17)19(28)27(18)13-20/h2-4,6,8,11-12H,9-10,13H2,1H3. The second kappa shape index (κ2) is 6.48. The smallest absolute Gasteiger partial charge is 0.295 e. The van der Waals surface area contributed by atoms with Crippen LogP contribution >= 0.6 is 0 Å². The van der Waals surface area contributed by atoms with E-state index < -0.39 is 23.7 Å². The Labute approximate surface area is 159 Å². The van der Waals surface area contributed by atoms with E-state index in [-0.39, 0.29) is 12.8 Å². The molecule has 0 bridgehead atoms. The third-order valence-corrected chi connectivity index (χ3v) is 5.13. The van der Waals surface area contributed by atoms with E-state index in [0.29, 0.717) is 28.0 Å². The van der Waals surface area contributed by atoms with E-state index in [9.17, 15) is 18.0 Å². The molecular formula is C21H16F3N3O. The first-order valence-corrected chi connectivity index (χ1v) is 8.80. The predicted molar refractivity (Wildman–Crippen MR) is 98.7 cm³/mol. The van der Waals surface area contributed by atoms with Crippen molar-refractivity contribution in [3.05, 3.63) is 70.0 Å². The lowest BCUT2D eigenvalue weighted by Crippen LogP contribution is -2.46. The zero-order chi connectivity index (χ0) is 19.9. The number of fused-ring (bicyclic) bond motifs is 2. The predicted octanol–water partition coefficient (Wildman–Crippen LogP) is 3.71. The number of pyridine rings is 1. The summed E-state index contributed by atoms with van der Waals surface area (Å²) < 4.78 is 41.3. The van der Waals surface area contributed by atoms with Gasteiger partial charge in [-0.3, -0.25) is 9.36 Å². The molecule has 7 heteroatoms. The lowest BCUT2D eigenvalue weighted by atomic mass is 9.82. The van der Waals surface area contributed by atoms with Gasteiger partial charge in [0.25, 0.3) is 5.56 Å². The van der Waals surface area contributed by atoms with E-state index in [4.69, 9.17) is 0 Å². The molecule has 4 rings (SSSR count). The number of halogens is 3. The van der Waals surface area contributed by atoms with Crippen LogP contribution < -0.4 is 5.56 Å². The molecule has 0 saturated carbocycles. The molecule has 1 atom stereocenters. The highest BCUT2D eigenvalue weighted by molar-refractivity contribution is 5.79. The maximum atomic E-state index is 13.4. The van der Waals surface area contributed by atoms with Gasteiger partial charge in [-0.15, -0.1) is 0 Å². The van der Waals surface area contributed by atoms with Crippen LogP contribution in [0.5, 0.6) is 0 Å². The Kier molecular flexibility index (Phi) is 4.22. The van der Waals surface area contributed by atoms with Crippen LogP contribution in [0.2, 0.25) is 0 Å². The first kappa shape index (κ1) is 18.2. The highest BCUT2D eigenvalue weighted by Crippen LogP contribution is 2.44. The van der Waals surface area contributed by atoms with Gasteiger partial charge in [-0.1, -0.05) is 12.0 Å². The van der Waals surface area contributed by atoms with Crippen molar-refractivity contribution in [1.82, 2.24) is 14.5 Å². The largest absolute Gasteiger partial charge is 0.395 e. The first-order valence-electron chi connectivity index (χ1n) is 8.80. The second-order valence-corrected chi connectivity index (χ2v) is 7.17. The van der Waals surface area contributed by atoms with Crippen LogP contribution in [0.3, 0.4) is 0 Å². The number of rotatable bonds is 0.